The van der Waals surface area contributed by atoms with Crippen LogP contribution in [0.5, 0.6) is 0 Å². The van der Waals surface area contributed by atoms with E-state index in [1.54, 1.807) is 6.07 Å². The Kier molecular flexibility index (Phi) is 2.57. The van der Waals surface area contributed by atoms with Gasteiger partial charge in [0.25, 0.3) is 11.9 Å². The monoisotopic (exact) mass is 282 g/mol. The van der Waals surface area contributed by atoms with Crippen molar-refractivity contribution in [1.82, 2.24) is 19.7 Å². The van der Waals surface area contributed by atoms with Crippen molar-refractivity contribution >= 4 is 27.7 Å². The van der Waals surface area contributed by atoms with E-state index < -0.39 is 5.91 Å². The molecule has 0 aliphatic heterocycles. The molecule has 1 amide bonds. The van der Waals surface area contributed by atoms with E-state index in [1.807, 2.05) is 0 Å². The van der Waals surface area contributed by atoms with Crippen LogP contribution in [0.4, 0.5) is 5.82 Å². The molecule has 2 aromatic heterocycles. The van der Waals surface area contributed by atoms with Gasteiger partial charge in [0, 0.05) is 12.3 Å². The van der Waals surface area contributed by atoms with E-state index in [1.165, 1.54) is 17.1 Å². The minimum Gasteiger partial charge on any atom is -0.383 e. The highest BCUT2D eigenvalue weighted by molar-refractivity contribution is 9.10. The Bertz CT molecular complexity index is 531. The molecule has 4 N–H and O–H groups in total. The number of nitrogen functional groups attached to an aromatic ring is 1. The zero-order valence-electron chi connectivity index (χ0n) is 7.96. The van der Waals surface area contributed by atoms with Gasteiger partial charge < -0.3 is 11.5 Å². The van der Waals surface area contributed by atoms with Crippen molar-refractivity contribution in [3.8, 4) is 5.95 Å². The molecule has 2 rings (SSSR count). The number of anilines is 1. The number of aromatic nitrogens is 4. The fraction of sp³-hybridized carbons (Fsp3) is 0. The van der Waals surface area contributed by atoms with Crippen molar-refractivity contribution in [2.24, 2.45) is 5.73 Å². The van der Waals surface area contributed by atoms with Crippen molar-refractivity contribution < 1.29 is 4.79 Å². The second kappa shape index (κ2) is 3.89. The molecule has 0 saturated heterocycles. The van der Waals surface area contributed by atoms with E-state index in [2.05, 4.69) is 31.0 Å². The summed E-state index contributed by atoms with van der Waals surface area (Å²) in [6.07, 6.45) is 2.77. The molecule has 7 nitrogen and oxygen atoms in total. The number of hydrogen-bond donors (Lipinski definition) is 2. The molecule has 0 radical (unpaired) electrons. The van der Waals surface area contributed by atoms with Gasteiger partial charge in [0.2, 0.25) is 0 Å². The quantitative estimate of drug-likeness (QED) is 0.759. The lowest BCUT2D eigenvalue weighted by atomic mass is 10.4. The van der Waals surface area contributed by atoms with E-state index >= 15 is 0 Å². The van der Waals surface area contributed by atoms with Gasteiger partial charge in [-0.15, -0.1) is 0 Å². The third-order valence-electron chi connectivity index (χ3n) is 1.77. The van der Waals surface area contributed by atoms with Gasteiger partial charge in [0.1, 0.15) is 10.4 Å². The second-order valence-corrected chi connectivity index (χ2v) is 3.77. The molecule has 8 heteroatoms. The number of rotatable bonds is 2. The molecule has 2 aromatic rings. The van der Waals surface area contributed by atoms with Crippen LogP contribution in [0.25, 0.3) is 5.95 Å². The molecule has 0 fully saturated rings. The highest BCUT2D eigenvalue weighted by Crippen LogP contribution is 2.12. The lowest BCUT2D eigenvalue weighted by Gasteiger charge is -2.00. The lowest BCUT2D eigenvalue weighted by molar-refractivity contribution is 0.100. The Morgan fingerprint density at radius 1 is 1.44 bits per heavy atom. The Labute approximate surface area is 98.6 Å². The van der Waals surface area contributed by atoms with Crippen molar-refractivity contribution in [3.63, 3.8) is 0 Å². The highest BCUT2D eigenvalue weighted by Gasteiger charge is 2.08. The first kappa shape index (κ1) is 10.6. The molecule has 0 saturated carbocycles. The van der Waals surface area contributed by atoms with Crippen LogP contribution in [0, 0.1) is 0 Å². The van der Waals surface area contributed by atoms with Gasteiger partial charge in [-0.2, -0.15) is 10.1 Å². The van der Waals surface area contributed by atoms with Crippen molar-refractivity contribution in [1.29, 1.82) is 0 Å². The normalized spacial score (nSPS) is 10.3. The third-order valence-corrected chi connectivity index (χ3v) is 2.18. The summed E-state index contributed by atoms with van der Waals surface area (Å²) in [4.78, 5) is 18.9. The smallest absolute Gasteiger partial charge is 0.253 e. The average Bonchev–Trinajstić information content (AvgIpc) is 2.64. The summed E-state index contributed by atoms with van der Waals surface area (Å²) in [6.45, 7) is 0. The minimum absolute atomic E-state index is 0.263. The zero-order valence-corrected chi connectivity index (χ0v) is 9.55. The minimum atomic E-state index is -0.561. The molecule has 2 heterocycles. The zero-order chi connectivity index (χ0) is 11.7. The number of hydrogen-bond acceptors (Lipinski definition) is 5. The Balaban J connectivity index is 2.46. The first-order chi connectivity index (χ1) is 7.56. The van der Waals surface area contributed by atoms with Crippen LogP contribution in [0.1, 0.15) is 10.4 Å². The van der Waals surface area contributed by atoms with E-state index in [-0.39, 0.29) is 11.5 Å². The first-order valence-corrected chi connectivity index (χ1v) is 5.00. The number of nitrogens with zero attached hydrogens (tertiary/aromatic N) is 4. The molecule has 0 bridgehead atoms. The number of carbonyl (C=O) groups is 1. The fourth-order valence-electron chi connectivity index (χ4n) is 1.08. The van der Waals surface area contributed by atoms with Crippen LogP contribution in [0.3, 0.4) is 0 Å². The summed E-state index contributed by atoms with van der Waals surface area (Å²) >= 11 is 3.18. The van der Waals surface area contributed by atoms with Crippen LogP contribution in [-0.4, -0.2) is 25.7 Å². The van der Waals surface area contributed by atoms with Crippen LogP contribution < -0.4 is 11.5 Å². The predicted octanol–water partition coefficient (Wildman–Crippen LogP) is 0.106. The molecular formula is C8H7BrN6O. The van der Waals surface area contributed by atoms with Gasteiger partial charge in [0.05, 0.1) is 11.8 Å². The van der Waals surface area contributed by atoms with Gasteiger partial charge in [-0.3, -0.25) is 4.79 Å². The largest absolute Gasteiger partial charge is 0.383 e. The number of nitrogens with two attached hydrogens (primary N) is 2. The van der Waals surface area contributed by atoms with E-state index in [9.17, 15) is 4.79 Å². The number of halogens is 1. The van der Waals surface area contributed by atoms with E-state index in [0.29, 0.717) is 10.4 Å². The summed E-state index contributed by atoms with van der Waals surface area (Å²) in [5.41, 5.74) is 10.9. The van der Waals surface area contributed by atoms with Crippen LogP contribution in [-0.2, 0) is 0 Å². The second-order valence-electron chi connectivity index (χ2n) is 2.95. The number of amides is 1. The average molecular weight is 283 g/mol. The van der Waals surface area contributed by atoms with Crippen LogP contribution in [0.15, 0.2) is 23.1 Å². The highest BCUT2D eigenvalue weighted by atomic mass is 79.9. The Morgan fingerprint density at radius 3 is 2.75 bits per heavy atom. The van der Waals surface area contributed by atoms with Crippen LogP contribution in [0.2, 0.25) is 0 Å². The van der Waals surface area contributed by atoms with Gasteiger partial charge >= 0.3 is 0 Å². The maximum Gasteiger partial charge on any atom is 0.253 e. The van der Waals surface area contributed by atoms with Crippen molar-refractivity contribution in [2.75, 3.05) is 5.73 Å². The van der Waals surface area contributed by atoms with E-state index in [4.69, 9.17) is 11.5 Å². The molecule has 0 atom stereocenters. The summed E-state index contributed by atoms with van der Waals surface area (Å²) < 4.78 is 1.85. The summed E-state index contributed by atoms with van der Waals surface area (Å²) in [5, 5.41) is 3.90. The maximum absolute atomic E-state index is 10.9. The van der Waals surface area contributed by atoms with Gasteiger partial charge in [-0.25, -0.2) is 9.67 Å². The summed E-state index contributed by atoms with van der Waals surface area (Å²) in [7, 11) is 0. The van der Waals surface area contributed by atoms with Crippen LogP contribution >= 0.6 is 15.9 Å². The standard InChI is InChI=1S/C8H7BrN6O/c9-5-1-6(10)14-8(13-5)15-3-4(2-12-15)7(11)16/h1-3H,(H2,11,16)(H2,10,13,14). The SMILES string of the molecule is NC(=O)c1cnn(-c2nc(N)cc(Br)n2)c1. The molecule has 0 aromatic carbocycles. The summed E-state index contributed by atoms with van der Waals surface area (Å²) in [6, 6.07) is 1.56. The topological polar surface area (TPSA) is 113 Å². The third kappa shape index (κ3) is 2.01. The molecule has 16 heavy (non-hydrogen) atoms. The molecule has 82 valence electrons. The predicted molar refractivity (Wildman–Crippen MR) is 59.8 cm³/mol. The van der Waals surface area contributed by atoms with Crippen molar-refractivity contribution in [3.05, 3.63) is 28.6 Å². The maximum atomic E-state index is 10.9. The van der Waals surface area contributed by atoms with E-state index in [0.717, 1.165) is 0 Å². The summed E-state index contributed by atoms with van der Waals surface area (Å²) in [5.74, 6) is 0.00148. The number of primary amides is 1. The number of carbonyl (C=O) groups excluding carboxylic acids is 1. The molecule has 0 spiro atoms. The molecule has 0 unspecified atom stereocenters. The molecular weight excluding hydrogens is 276 g/mol. The lowest BCUT2D eigenvalue weighted by Crippen LogP contribution is -2.10. The van der Waals surface area contributed by atoms with Gasteiger partial charge in [-0.1, -0.05) is 0 Å². The Hall–Kier alpha value is -1.96. The molecule has 0 aliphatic rings. The van der Waals surface area contributed by atoms with Gasteiger partial charge in [0.15, 0.2) is 0 Å². The van der Waals surface area contributed by atoms with Crippen molar-refractivity contribution in [2.45, 2.75) is 0 Å². The first-order valence-electron chi connectivity index (χ1n) is 4.21. The van der Waals surface area contributed by atoms with Gasteiger partial charge in [-0.05, 0) is 15.9 Å². The fourth-order valence-corrected chi connectivity index (χ4v) is 1.48. The Morgan fingerprint density at radius 2 is 2.19 bits per heavy atom. The molecule has 0 aliphatic carbocycles.